The molecule has 3 rings (SSSR count). The van der Waals surface area contributed by atoms with Crippen LogP contribution in [0.25, 0.3) is 0 Å². The summed E-state index contributed by atoms with van der Waals surface area (Å²) in [5.74, 6) is 1.54. The lowest BCUT2D eigenvalue weighted by molar-refractivity contribution is -0.146. The summed E-state index contributed by atoms with van der Waals surface area (Å²) in [6.45, 7) is 0.479. The van der Waals surface area contributed by atoms with Gasteiger partial charge in [0, 0.05) is 24.2 Å². The molecule has 1 aromatic carbocycles. The zero-order valence-corrected chi connectivity index (χ0v) is 16.1. The topological polar surface area (TPSA) is 66.9 Å². The highest BCUT2D eigenvalue weighted by molar-refractivity contribution is 7.99. The van der Waals surface area contributed by atoms with E-state index in [9.17, 15) is 14.4 Å². The molecule has 140 valence electrons. The first-order valence-electron chi connectivity index (χ1n) is 8.46. The normalized spacial score (nSPS) is 22.3. The number of likely N-dealkylation sites (tertiary alicyclic amines) is 1. The van der Waals surface area contributed by atoms with E-state index >= 15 is 0 Å². The van der Waals surface area contributed by atoms with Crippen LogP contribution in [0.1, 0.15) is 12.8 Å². The molecule has 8 heteroatoms. The Balaban J connectivity index is 1.48. The highest BCUT2D eigenvalue weighted by Gasteiger charge is 2.53. The van der Waals surface area contributed by atoms with Crippen molar-refractivity contribution < 1.29 is 19.1 Å². The molecule has 2 aliphatic heterocycles. The van der Waals surface area contributed by atoms with Crippen LogP contribution in [0, 0.1) is 5.41 Å². The lowest BCUT2D eigenvalue weighted by atomic mass is 9.86. The number of imide groups is 1. The zero-order chi connectivity index (χ0) is 18.7. The Hall–Kier alpha value is -1.73. The lowest BCUT2D eigenvalue weighted by Gasteiger charge is -2.23. The first-order chi connectivity index (χ1) is 12.4. The van der Waals surface area contributed by atoms with Gasteiger partial charge < -0.3 is 9.64 Å². The Morgan fingerprint density at radius 1 is 1.35 bits per heavy atom. The molecule has 2 aliphatic rings. The van der Waals surface area contributed by atoms with E-state index in [4.69, 9.17) is 16.3 Å². The van der Waals surface area contributed by atoms with Gasteiger partial charge in [-0.25, -0.2) is 0 Å². The number of hydrogen-bond donors (Lipinski definition) is 0. The third kappa shape index (κ3) is 3.99. The molecule has 0 unspecified atom stereocenters. The predicted molar refractivity (Wildman–Crippen MR) is 100 cm³/mol. The van der Waals surface area contributed by atoms with Crippen molar-refractivity contribution in [2.45, 2.75) is 12.8 Å². The summed E-state index contributed by atoms with van der Waals surface area (Å²) in [7, 11) is 1.64. The minimum absolute atomic E-state index is 0.188. The van der Waals surface area contributed by atoms with Crippen LogP contribution in [0.2, 0.25) is 5.02 Å². The predicted octanol–water partition coefficient (Wildman–Crippen LogP) is 2.06. The molecule has 0 bridgehead atoms. The Bertz CT molecular complexity index is 704. The quantitative estimate of drug-likeness (QED) is 0.688. The van der Waals surface area contributed by atoms with Crippen molar-refractivity contribution >= 4 is 41.1 Å². The largest absolute Gasteiger partial charge is 0.492 e. The van der Waals surface area contributed by atoms with E-state index in [0.29, 0.717) is 29.7 Å². The Kier molecular flexibility index (Phi) is 5.77. The van der Waals surface area contributed by atoms with Crippen LogP contribution in [0.4, 0.5) is 0 Å². The van der Waals surface area contributed by atoms with Crippen LogP contribution >= 0.6 is 23.4 Å². The van der Waals surface area contributed by atoms with Crippen molar-refractivity contribution in [3.63, 3.8) is 0 Å². The second-order valence-electron chi connectivity index (χ2n) is 6.66. The van der Waals surface area contributed by atoms with Crippen LogP contribution in [0.5, 0.6) is 5.75 Å². The minimum Gasteiger partial charge on any atom is -0.492 e. The maximum absolute atomic E-state index is 12.6. The summed E-state index contributed by atoms with van der Waals surface area (Å²) in [6, 6.07) is 6.97. The Morgan fingerprint density at radius 2 is 2.08 bits per heavy atom. The van der Waals surface area contributed by atoms with E-state index < -0.39 is 5.41 Å². The highest BCUT2D eigenvalue weighted by Crippen LogP contribution is 2.44. The number of rotatable bonds is 6. The van der Waals surface area contributed by atoms with E-state index in [1.807, 2.05) is 0 Å². The van der Waals surface area contributed by atoms with Crippen molar-refractivity contribution in [1.82, 2.24) is 9.80 Å². The number of nitrogens with zero attached hydrogens (tertiary/aromatic N) is 2. The molecule has 26 heavy (non-hydrogen) atoms. The summed E-state index contributed by atoms with van der Waals surface area (Å²) >= 11 is 7.51. The average Bonchev–Trinajstić information content (AvgIpc) is 3.17. The van der Waals surface area contributed by atoms with Crippen LogP contribution < -0.4 is 4.74 Å². The van der Waals surface area contributed by atoms with Crippen molar-refractivity contribution in [2.24, 2.45) is 5.41 Å². The summed E-state index contributed by atoms with van der Waals surface area (Å²) in [5, 5.41) is 0.628. The van der Waals surface area contributed by atoms with Gasteiger partial charge in [0.25, 0.3) is 0 Å². The number of halogens is 1. The molecule has 0 aromatic heterocycles. The van der Waals surface area contributed by atoms with Gasteiger partial charge >= 0.3 is 0 Å². The fourth-order valence-corrected chi connectivity index (χ4v) is 4.71. The van der Waals surface area contributed by atoms with Gasteiger partial charge in [-0.05, 0) is 36.4 Å². The number of ether oxygens (including phenoxy) is 1. The molecule has 1 spiro atoms. The Labute approximate surface area is 161 Å². The molecule has 3 amide bonds. The smallest absolute Gasteiger partial charge is 0.242 e. The number of carbonyl (C=O) groups is 3. The van der Waals surface area contributed by atoms with Crippen LogP contribution in [0.15, 0.2) is 24.3 Å². The fraction of sp³-hybridized carbons (Fsp3) is 0.500. The highest BCUT2D eigenvalue weighted by atomic mass is 35.5. The Morgan fingerprint density at radius 3 is 2.73 bits per heavy atom. The van der Waals surface area contributed by atoms with E-state index in [1.54, 1.807) is 43.1 Å². The molecular weight excluding hydrogens is 376 g/mol. The van der Waals surface area contributed by atoms with Crippen LogP contribution in [0.3, 0.4) is 0 Å². The monoisotopic (exact) mass is 396 g/mol. The van der Waals surface area contributed by atoms with Crippen molar-refractivity contribution in [3.8, 4) is 5.75 Å². The molecule has 2 saturated heterocycles. The summed E-state index contributed by atoms with van der Waals surface area (Å²) in [5.41, 5.74) is -0.571. The van der Waals surface area contributed by atoms with E-state index in [2.05, 4.69) is 0 Å². The lowest BCUT2D eigenvalue weighted by Crippen LogP contribution is -2.44. The molecule has 1 atom stereocenters. The summed E-state index contributed by atoms with van der Waals surface area (Å²) < 4.78 is 5.57. The first kappa shape index (κ1) is 19.0. The average molecular weight is 397 g/mol. The molecule has 1 aromatic rings. The molecule has 0 N–H and O–H groups in total. The van der Waals surface area contributed by atoms with Crippen molar-refractivity contribution in [1.29, 1.82) is 0 Å². The van der Waals surface area contributed by atoms with Crippen LogP contribution in [-0.4, -0.2) is 65.8 Å². The van der Waals surface area contributed by atoms with Gasteiger partial charge in [0.1, 0.15) is 18.9 Å². The molecule has 2 heterocycles. The van der Waals surface area contributed by atoms with Gasteiger partial charge in [-0.2, -0.15) is 11.8 Å². The van der Waals surface area contributed by atoms with E-state index in [-0.39, 0.29) is 30.7 Å². The summed E-state index contributed by atoms with van der Waals surface area (Å²) in [6.07, 6.45) is 0.952. The zero-order valence-electron chi connectivity index (χ0n) is 14.6. The molecule has 0 aliphatic carbocycles. The van der Waals surface area contributed by atoms with Gasteiger partial charge in [0.15, 0.2) is 0 Å². The standard InChI is InChI=1S/C18H21ClN2O4S/c1-20(7-8-25-14-4-2-13(19)3-5-14)16(23)11-21-15(22)10-18(17(21)24)6-9-26-12-18/h2-5H,6-12H2,1H3/t18-/m0/s1. The number of benzene rings is 1. The number of thioether (sulfide) groups is 1. The molecule has 0 saturated carbocycles. The van der Waals surface area contributed by atoms with Gasteiger partial charge in [-0.15, -0.1) is 0 Å². The van der Waals surface area contributed by atoms with Gasteiger partial charge in [-0.1, -0.05) is 11.6 Å². The summed E-state index contributed by atoms with van der Waals surface area (Å²) in [4.78, 5) is 39.8. The number of hydrogen-bond acceptors (Lipinski definition) is 5. The first-order valence-corrected chi connectivity index (χ1v) is 9.99. The fourth-order valence-electron chi connectivity index (χ4n) is 3.15. The van der Waals surface area contributed by atoms with Gasteiger partial charge in [0.2, 0.25) is 17.7 Å². The number of amides is 3. The van der Waals surface area contributed by atoms with E-state index in [0.717, 1.165) is 17.1 Å². The molecular formula is C18H21ClN2O4S. The maximum Gasteiger partial charge on any atom is 0.242 e. The SMILES string of the molecule is CN(CCOc1ccc(Cl)cc1)C(=O)CN1C(=O)C[C@]2(CCSC2)C1=O. The van der Waals surface area contributed by atoms with Crippen molar-refractivity contribution in [2.75, 3.05) is 38.2 Å². The number of likely N-dealkylation sites (N-methyl/N-ethyl adjacent to an activating group) is 1. The van der Waals surface area contributed by atoms with Crippen LogP contribution in [-0.2, 0) is 14.4 Å². The second kappa shape index (κ2) is 7.88. The molecule has 6 nitrogen and oxygen atoms in total. The second-order valence-corrected chi connectivity index (χ2v) is 8.20. The molecule has 0 radical (unpaired) electrons. The van der Waals surface area contributed by atoms with Gasteiger partial charge in [0.05, 0.1) is 12.0 Å². The van der Waals surface area contributed by atoms with Gasteiger partial charge in [-0.3, -0.25) is 19.3 Å². The van der Waals surface area contributed by atoms with Crippen molar-refractivity contribution in [3.05, 3.63) is 29.3 Å². The maximum atomic E-state index is 12.6. The molecule has 2 fully saturated rings. The van der Waals surface area contributed by atoms with E-state index in [1.165, 1.54) is 4.90 Å². The third-order valence-corrected chi connectivity index (χ3v) is 6.32. The third-order valence-electron chi connectivity index (χ3n) is 4.82. The minimum atomic E-state index is -0.571. The number of carbonyl (C=O) groups excluding carboxylic acids is 3.